The zero-order valence-corrected chi connectivity index (χ0v) is 16.6. The third-order valence-electron chi connectivity index (χ3n) is 4.54. The number of hydrogen-bond acceptors (Lipinski definition) is 4. The molecule has 0 bridgehead atoms. The van der Waals surface area contributed by atoms with E-state index in [9.17, 15) is 4.79 Å². The molecular weight excluding hydrogens is 368 g/mol. The molecule has 0 aliphatic carbocycles. The number of carboxylic acids is 1. The Morgan fingerprint density at radius 2 is 1.97 bits per heavy atom. The summed E-state index contributed by atoms with van der Waals surface area (Å²) in [6.07, 6.45) is 3.04. The van der Waals surface area contributed by atoms with Gasteiger partial charge in [-0.2, -0.15) is 0 Å². The Kier molecular flexibility index (Phi) is 6.09. The van der Waals surface area contributed by atoms with E-state index in [4.69, 9.17) is 9.90 Å². The average molecular weight is 392 g/mol. The maximum atomic E-state index is 12.6. The number of rotatable bonds is 4. The maximum Gasteiger partial charge on any atom is 0.275 e. The lowest BCUT2D eigenvalue weighted by Gasteiger charge is -2.03. The molecule has 0 atom stereocenters. The number of para-hydroxylation sites is 1. The predicted octanol–water partition coefficient (Wildman–Crippen LogP) is 1.24. The number of benzene rings is 2. The van der Waals surface area contributed by atoms with Crippen molar-refractivity contribution in [2.45, 2.75) is 26.8 Å². The fourth-order valence-electron chi connectivity index (χ4n) is 3.28. The number of fused-ring (bicyclic) bond motifs is 2. The van der Waals surface area contributed by atoms with Crippen molar-refractivity contribution in [1.29, 1.82) is 0 Å². The Balaban J connectivity index is 0.000000552. The summed E-state index contributed by atoms with van der Waals surface area (Å²) in [6.45, 7) is 4.76. The number of carbonyl (C=O) groups is 1. The van der Waals surface area contributed by atoms with Crippen LogP contribution in [-0.4, -0.2) is 27.0 Å². The van der Waals surface area contributed by atoms with Crippen LogP contribution < -0.4 is 16.4 Å². The molecule has 0 aliphatic heterocycles. The van der Waals surface area contributed by atoms with Gasteiger partial charge in [-0.05, 0) is 37.6 Å². The van der Waals surface area contributed by atoms with Gasteiger partial charge in [-0.1, -0.05) is 24.3 Å². The van der Waals surface area contributed by atoms with Crippen LogP contribution in [0.4, 0.5) is 0 Å². The Labute approximate surface area is 167 Å². The van der Waals surface area contributed by atoms with Crippen molar-refractivity contribution in [3.63, 3.8) is 0 Å². The molecule has 150 valence electrons. The molecule has 7 nitrogen and oxygen atoms in total. The number of nitrogens with one attached hydrogen (secondary N) is 1. The SMILES string of the molecule is CC(=O)[O-].Cc1ccc2[nH]c(=O)c(-c3cn(CCC[NH3+])c4ccccc34)nc2c1. The van der Waals surface area contributed by atoms with Crippen molar-refractivity contribution in [2.75, 3.05) is 6.54 Å². The molecule has 4 N–H and O–H groups in total. The summed E-state index contributed by atoms with van der Waals surface area (Å²) in [4.78, 5) is 29.2. The summed E-state index contributed by atoms with van der Waals surface area (Å²) in [5.41, 5.74) is 8.94. The van der Waals surface area contributed by atoms with E-state index < -0.39 is 5.97 Å². The largest absolute Gasteiger partial charge is 0.550 e. The van der Waals surface area contributed by atoms with Gasteiger partial charge < -0.3 is 25.2 Å². The van der Waals surface area contributed by atoms with Crippen molar-refractivity contribution in [1.82, 2.24) is 14.5 Å². The van der Waals surface area contributed by atoms with E-state index in [1.807, 2.05) is 49.5 Å². The van der Waals surface area contributed by atoms with Crippen molar-refractivity contribution < 1.29 is 15.6 Å². The van der Waals surface area contributed by atoms with E-state index in [2.05, 4.69) is 26.3 Å². The van der Waals surface area contributed by atoms with E-state index in [0.717, 1.165) is 59.5 Å². The summed E-state index contributed by atoms with van der Waals surface area (Å²) in [7, 11) is 0. The van der Waals surface area contributed by atoms with Gasteiger partial charge in [0.1, 0.15) is 5.69 Å². The zero-order chi connectivity index (χ0) is 21.0. The minimum Gasteiger partial charge on any atom is -0.550 e. The first-order chi connectivity index (χ1) is 13.9. The van der Waals surface area contributed by atoms with Gasteiger partial charge in [0, 0.05) is 41.6 Å². The first kappa shape index (κ1) is 20.3. The van der Waals surface area contributed by atoms with Crippen LogP contribution in [0.5, 0.6) is 0 Å². The molecule has 4 rings (SSSR count). The summed E-state index contributed by atoms with van der Waals surface area (Å²) >= 11 is 0. The minimum absolute atomic E-state index is 0.156. The number of H-pyrrole nitrogens is 1. The molecule has 0 unspecified atom stereocenters. The number of aromatic amines is 1. The molecule has 2 aromatic carbocycles. The van der Waals surface area contributed by atoms with Crippen molar-refractivity contribution in [2.24, 2.45) is 0 Å². The Morgan fingerprint density at radius 3 is 2.69 bits per heavy atom. The molecule has 0 amide bonds. The second-order valence-electron chi connectivity index (χ2n) is 6.89. The molecular formula is C22H24N4O3. The highest BCUT2D eigenvalue weighted by molar-refractivity contribution is 5.95. The molecule has 0 saturated heterocycles. The van der Waals surface area contributed by atoms with E-state index in [1.54, 1.807) is 0 Å². The quantitative estimate of drug-likeness (QED) is 0.543. The Morgan fingerprint density at radius 1 is 1.24 bits per heavy atom. The lowest BCUT2D eigenvalue weighted by Crippen LogP contribution is -2.50. The van der Waals surface area contributed by atoms with Gasteiger partial charge in [-0.3, -0.25) is 4.79 Å². The maximum absolute atomic E-state index is 12.6. The fourth-order valence-corrected chi connectivity index (χ4v) is 3.28. The summed E-state index contributed by atoms with van der Waals surface area (Å²) in [5.74, 6) is -1.08. The third kappa shape index (κ3) is 4.52. The first-order valence-electron chi connectivity index (χ1n) is 9.46. The van der Waals surface area contributed by atoms with E-state index >= 15 is 0 Å². The summed E-state index contributed by atoms with van der Waals surface area (Å²) < 4.78 is 2.19. The van der Waals surface area contributed by atoms with Gasteiger partial charge in [0.2, 0.25) is 0 Å². The van der Waals surface area contributed by atoms with Crippen LogP contribution in [0.1, 0.15) is 18.9 Å². The number of aliphatic carboxylic acids is 1. The second-order valence-corrected chi connectivity index (χ2v) is 6.89. The molecule has 0 spiro atoms. The molecule has 2 heterocycles. The first-order valence-corrected chi connectivity index (χ1v) is 9.46. The van der Waals surface area contributed by atoms with Crippen molar-refractivity contribution in [3.05, 3.63) is 64.6 Å². The molecule has 0 radical (unpaired) electrons. The van der Waals surface area contributed by atoms with Crippen LogP contribution in [0, 0.1) is 6.92 Å². The fraction of sp³-hybridized carbons (Fsp3) is 0.227. The number of nitrogens with zero attached hydrogens (tertiary/aromatic N) is 2. The van der Waals surface area contributed by atoms with Crippen LogP contribution in [0.15, 0.2) is 53.5 Å². The van der Waals surface area contributed by atoms with Crippen LogP contribution >= 0.6 is 0 Å². The molecule has 0 fully saturated rings. The van der Waals surface area contributed by atoms with Crippen molar-refractivity contribution in [3.8, 4) is 11.3 Å². The number of quaternary nitrogens is 1. The average Bonchev–Trinajstić information content (AvgIpc) is 3.04. The number of carbonyl (C=O) groups excluding carboxylic acids is 1. The van der Waals surface area contributed by atoms with Gasteiger partial charge in [0.15, 0.2) is 0 Å². The van der Waals surface area contributed by atoms with E-state index in [0.29, 0.717) is 5.69 Å². The normalized spacial score (nSPS) is 10.7. The van der Waals surface area contributed by atoms with E-state index in [-0.39, 0.29) is 5.56 Å². The van der Waals surface area contributed by atoms with Crippen LogP contribution in [0.3, 0.4) is 0 Å². The zero-order valence-electron chi connectivity index (χ0n) is 16.6. The van der Waals surface area contributed by atoms with Gasteiger partial charge in [-0.25, -0.2) is 4.98 Å². The number of hydrogen-bond donors (Lipinski definition) is 2. The lowest BCUT2D eigenvalue weighted by atomic mass is 10.1. The highest BCUT2D eigenvalue weighted by Gasteiger charge is 2.15. The molecule has 4 aromatic rings. The van der Waals surface area contributed by atoms with Crippen LogP contribution in [0.25, 0.3) is 33.2 Å². The molecule has 0 aliphatic rings. The monoisotopic (exact) mass is 392 g/mol. The topological polar surface area (TPSA) is 118 Å². The van der Waals surface area contributed by atoms with Gasteiger partial charge in [0.05, 0.1) is 17.6 Å². The molecule has 29 heavy (non-hydrogen) atoms. The Hall–Kier alpha value is -3.45. The molecule has 0 saturated carbocycles. The third-order valence-corrected chi connectivity index (χ3v) is 4.54. The smallest absolute Gasteiger partial charge is 0.275 e. The molecule has 2 aromatic heterocycles. The standard InChI is InChI=1S/C20H20N4O.C2H4O2/c1-13-7-8-16-17(11-13)22-19(20(25)23-16)15-12-24(10-4-9-21)18-6-3-2-5-14(15)18;1-2(3)4/h2-3,5-8,11-12H,4,9-10,21H2,1H3,(H,23,25);1H3,(H,3,4). The lowest BCUT2D eigenvalue weighted by molar-refractivity contribution is -0.368. The van der Waals surface area contributed by atoms with Gasteiger partial charge in [-0.15, -0.1) is 0 Å². The predicted molar refractivity (Wildman–Crippen MR) is 111 cm³/mol. The van der Waals surface area contributed by atoms with Gasteiger partial charge in [0.25, 0.3) is 5.56 Å². The summed E-state index contributed by atoms with van der Waals surface area (Å²) in [6, 6.07) is 14.0. The van der Waals surface area contributed by atoms with E-state index in [1.165, 1.54) is 0 Å². The number of carboxylic acid groups (broad SMARTS) is 1. The van der Waals surface area contributed by atoms with Crippen LogP contribution in [-0.2, 0) is 11.3 Å². The van der Waals surface area contributed by atoms with Crippen LogP contribution in [0.2, 0.25) is 0 Å². The minimum atomic E-state index is -1.08. The van der Waals surface area contributed by atoms with Crippen molar-refractivity contribution >= 4 is 27.9 Å². The highest BCUT2D eigenvalue weighted by atomic mass is 16.4. The number of aryl methyl sites for hydroxylation is 2. The Bertz CT molecular complexity index is 1220. The number of aromatic nitrogens is 3. The second kappa shape index (κ2) is 8.70. The van der Waals surface area contributed by atoms with Gasteiger partial charge >= 0.3 is 0 Å². The molecule has 7 heteroatoms. The summed E-state index contributed by atoms with van der Waals surface area (Å²) in [5, 5.41) is 9.94. The highest BCUT2D eigenvalue weighted by Crippen LogP contribution is 2.28.